The number of H-pyrrole nitrogens is 1. The van der Waals surface area contributed by atoms with Crippen LogP contribution in [0, 0.1) is 0 Å². The number of fused-ring (bicyclic) bond motifs is 1. The van der Waals surface area contributed by atoms with Crippen LogP contribution < -0.4 is 4.74 Å². The molecule has 1 aliphatic rings. The first kappa shape index (κ1) is 19.6. The molecule has 2 aromatic carbocycles. The summed E-state index contributed by atoms with van der Waals surface area (Å²) < 4.78 is 5.30. The smallest absolute Gasteiger partial charge is 0.273 e. The number of pyridine rings is 1. The topological polar surface area (TPSA) is 112 Å². The minimum Gasteiger partial charge on any atom is -0.507 e. The number of nitrogens with one attached hydrogen (secondary N) is 1. The minimum atomic E-state index is -0.506. The Hall–Kier alpha value is -4.33. The average Bonchev–Trinajstić information content (AvgIpc) is 3.35. The van der Waals surface area contributed by atoms with Crippen LogP contribution in [0.3, 0.4) is 0 Å². The zero-order valence-corrected chi connectivity index (χ0v) is 17.2. The minimum absolute atomic E-state index is 0.00889. The summed E-state index contributed by atoms with van der Waals surface area (Å²) in [5.41, 5.74) is 3.73. The van der Waals surface area contributed by atoms with Crippen molar-refractivity contribution in [1.82, 2.24) is 20.1 Å². The van der Waals surface area contributed by atoms with Gasteiger partial charge in [0.05, 0.1) is 13.2 Å². The van der Waals surface area contributed by atoms with E-state index in [4.69, 9.17) is 4.74 Å². The number of aromatic nitrogens is 3. The molecule has 0 bridgehead atoms. The molecule has 3 N–H and O–H groups in total. The lowest BCUT2D eigenvalue weighted by Crippen LogP contribution is -2.29. The Morgan fingerprint density at radius 1 is 1.06 bits per heavy atom. The maximum absolute atomic E-state index is 13.4. The van der Waals surface area contributed by atoms with Gasteiger partial charge in [-0.2, -0.15) is 5.10 Å². The molecule has 160 valence electrons. The lowest BCUT2D eigenvalue weighted by molar-refractivity contribution is 0.0730. The fraction of sp³-hybridized carbons (Fsp3) is 0.125. The molecule has 1 aliphatic heterocycles. The molecule has 5 rings (SSSR count). The second-order valence-corrected chi connectivity index (χ2v) is 7.50. The molecule has 4 aromatic rings. The lowest BCUT2D eigenvalue weighted by Gasteiger charge is -2.27. The van der Waals surface area contributed by atoms with Crippen LogP contribution in [0.2, 0.25) is 0 Å². The summed E-state index contributed by atoms with van der Waals surface area (Å²) in [7, 11) is 1.48. The monoisotopic (exact) mass is 428 g/mol. The van der Waals surface area contributed by atoms with Crippen LogP contribution in [-0.4, -0.2) is 43.3 Å². The van der Waals surface area contributed by atoms with Gasteiger partial charge in [0.2, 0.25) is 0 Å². The number of aromatic hydroxyl groups is 2. The SMILES string of the molecule is COc1cc([C@H]2c3c(-c4ccccc4O)n[nH]c3C(=O)N2Cc2ccncc2)ccc1O. The van der Waals surface area contributed by atoms with Crippen molar-refractivity contribution in [3.8, 4) is 28.5 Å². The third-order valence-corrected chi connectivity index (χ3v) is 5.64. The molecule has 0 saturated carbocycles. The van der Waals surface area contributed by atoms with E-state index >= 15 is 0 Å². The maximum Gasteiger partial charge on any atom is 0.273 e. The highest BCUT2D eigenvalue weighted by molar-refractivity contribution is 6.00. The number of ether oxygens (including phenoxy) is 1. The zero-order chi connectivity index (χ0) is 22.2. The standard InChI is InChI=1S/C24H20N4O4/c1-32-19-12-15(6-7-18(19)30)23-20-21(16-4-2-3-5-17(16)29)26-27-22(20)24(31)28(23)13-14-8-10-25-11-9-14/h2-12,23,29-30H,13H2,1H3,(H,26,27)/t23-/m0/s1. The van der Waals surface area contributed by atoms with E-state index in [2.05, 4.69) is 15.2 Å². The number of carbonyl (C=O) groups is 1. The Kier molecular flexibility index (Phi) is 4.74. The third-order valence-electron chi connectivity index (χ3n) is 5.64. The van der Waals surface area contributed by atoms with Gasteiger partial charge in [-0.15, -0.1) is 0 Å². The van der Waals surface area contributed by atoms with Crippen molar-refractivity contribution in [2.45, 2.75) is 12.6 Å². The van der Waals surface area contributed by atoms with Crippen LogP contribution in [-0.2, 0) is 6.54 Å². The average molecular weight is 428 g/mol. The van der Waals surface area contributed by atoms with Crippen molar-refractivity contribution >= 4 is 5.91 Å². The molecular formula is C24H20N4O4. The Morgan fingerprint density at radius 3 is 2.59 bits per heavy atom. The maximum atomic E-state index is 13.4. The van der Waals surface area contributed by atoms with Crippen molar-refractivity contribution in [1.29, 1.82) is 0 Å². The number of phenols is 2. The number of carbonyl (C=O) groups excluding carboxylic acids is 1. The lowest BCUT2D eigenvalue weighted by atomic mass is 9.95. The number of hydrogen-bond acceptors (Lipinski definition) is 6. The summed E-state index contributed by atoms with van der Waals surface area (Å²) >= 11 is 0. The van der Waals surface area contributed by atoms with Crippen molar-refractivity contribution in [2.75, 3.05) is 7.11 Å². The molecule has 32 heavy (non-hydrogen) atoms. The van der Waals surface area contributed by atoms with Gasteiger partial charge >= 0.3 is 0 Å². The Balaban J connectivity index is 1.69. The summed E-state index contributed by atoms with van der Waals surface area (Å²) in [5, 5.41) is 27.8. The van der Waals surface area contributed by atoms with E-state index in [0.717, 1.165) is 11.1 Å². The largest absolute Gasteiger partial charge is 0.507 e. The Morgan fingerprint density at radius 2 is 1.84 bits per heavy atom. The van der Waals surface area contributed by atoms with Crippen LogP contribution >= 0.6 is 0 Å². The molecule has 1 atom stereocenters. The predicted octanol–water partition coefficient (Wildman–Crippen LogP) is 3.64. The quantitative estimate of drug-likeness (QED) is 0.448. The summed E-state index contributed by atoms with van der Waals surface area (Å²) in [6, 6.07) is 15.1. The number of amides is 1. The summed E-state index contributed by atoms with van der Waals surface area (Å²) in [6.07, 6.45) is 3.37. The molecule has 2 aromatic heterocycles. The Bertz CT molecular complexity index is 1300. The number of hydrogen-bond donors (Lipinski definition) is 3. The summed E-state index contributed by atoms with van der Waals surface area (Å²) in [6.45, 7) is 0.345. The van der Waals surface area contributed by atoms with Crippen LogP contribution in [0.5, 0.6) is 17.2 Å². The van der Waals surface area contributed by atoms with Crippen molar-refractivity contribution in [3.63, 3.8) is 0 Å². The highest BCUT2D eigenvalue weighted by atomic mass is 16.5. The number of para-hydroxylation sites is 1. The van der Waals surface area contributed by atoms with Crippen LogP contribution in [0.25, 0.3) is 11.3 Å². The number of rotatable bonds is 5. The highest BCUT2D eigenvalue weighted by Crippen LogP contribution is 2.46. The number of aromatic amines is 1. The molecule has 0 aliphatic carbocycles. The third kappa shape index (κ3) is 3.13. The first-order valence-corrected chi connectivity index (χ1v) is 10.0. The molecule has 8 nitrogen and oxygen atoms in total. The van der Waals surface area contributed by atoms with E-state index < -0.39 is 6.04 Å². The molecule has 0 saturated heterocycles. The Labute approximate surface area is 183 Å². The number of methoxy groups -OCH3 is 1. The molecule has 0 unspecified atom stereocenters. The van der Waals surface area contributed by atoms with Crippen LogP contribution in [0.1, 0.15) is 33.2 Å². The van der Waals surface area contributed by atoms with E-state index in [1.54, 1.807) is 59.8 Å². The predicted molar refractivity (Wildman–Crippen MR) is 116 cm³/mol. The highest BCUT2D eigenvalue weighted by Gasteiger charge is 2.42. The van der Waals surface area contributed by atoms with Gasteiger partial charge in [-0.3, -0.25) is 14.9 Å². The number of benzene rings is 2. The first-order valence-electron chi connectivity index (χ1n) is 10.0. The molecule has 3 heterocycles. The van der Waals surface area contributed by atoms with Gasteiger partial charge in [0.15, 0.2) is 11.5 Å². The van der Waals surface area contributed by atoms with Gasteiger partial charge in [0.25, 0.3) is 5.91 Å². The van der Waals surface area contributed by atoms with E-state index in [1.807, 2.05) is 12.1 Å². The van der Waals surface area contributed by atoms with E-state index in [1.165, 1.54) is 7.11 Å². The van der Waals surface area contributed by atoms with Crippen LogP contribution in [0.4, 0.5) is 0 Å². The molecular weight excluding hydrogens is 408 g/mol. The van der Waals surface area contributed by atoms with Crippen molar-refractivity contribution in [3.05, 3.63) is 89.4 Å². The van der Waals surface area contributed by atoms with E-state index in [0.29, 0.717) is 34.8 Å². The molecule has 8 heteroatoms. The molecule has 0 spiro atoms. The molecule has 0 radical (unpaired) electrons. The fourth-order valence-corrected chi connectivity index (χ4v) is 4.13. The number of phenolic OH excluding ortho intramolecular Hbond substituents is 2. The van der Waals surface area contributed by atoms with Gasteiger partial charge < -0.3 is 19.8 Å². The molecule has 0 fully saturated rings. The zero-order valence-electron chi connectivity index (χ0n) is 17.2. The van der Waals surface area contributed by atoms with Gasteiger partial charge in [-0.05, 0) is 47.5 Å². The van der Waals surface area contributed by atoms with Gasteiger partial charge in [0.1, 0.15) is 17.1 Å². The summed E-state index contributed by atoms with van der Waals surface area (Å²) in [4.78, 5) is 19.2. The van der Waals surface area contributed by atoms with E-state index in [-0.39, 0.29) is 17.4 Å². The van der Waals surface area contributed by atoms with Gasteiger partial charge in [-0.1, -0.05) is 18.2 Å². The van der Waals surface area contributed by atoms with Crippen molar-refractivity contribution < 1.29 is 19.7 Å². The van der Waals surface area contributed by atoms with Crippen LogP contribution in [0.15, 0.2) is 67.0 Å². The van der Waals surface area contributed by atoms with Gasteiger partial charge in [-0.25, -0.2) is 0 Å². The number of nitrogens with zero attached hydrogens (tertiary/aromatic N) is 3. The fourth-order valence-electron chi connectivity index (χ4n) is 4.13. The molecule has 1 amide bonds. The van der Waals surface area contributed by atoms with E-state index in [9.17, 15) is 15.0 Å². The second kappa shape index (κ2) is 7.73. The summed E-state index contributed by atoms with van der Waals surface area (Å²) in [5.74, 6) is 0.182. The normalized spacial score (nSPS) is 15.1. The first-order chi connectivity index (χ1) is 15.6. The van der Waals surface area contributed by atoms with Gasteiger partial charge in [0, 0.05) is 30.1 Å². The second-order valence-electron chi connectivity index (χ2n) is 7.50. The van der Waals surface area contributed by atoms with Crippen molar-refractivity contribution in [2.24, 2.45) is 0 Å².